The van der Waals surface area contributed by atoms with Crippen molar-refractivity contribution in [1.82, 2.24) is 4.90 Å². The molecule has 1 atom stereocenters. The second-order valence-corrected chi connectivity index (χ2v) is 6.79. The number of anilines is 2. The van der Waals surface area contributed by atoms with E-state index in [2.05, 4.69) is 10.6 Å². The average Bonchev–Trinajstić information content (AvgIpc) is 3.14. The molecule has 1 aliphatic heterocycles. The molecule has 0 saturated carbocycles. The summed E-state index contributed by atoms with van der Waals surface area (Å²) in [6.45, 7) is 1.95. The van der Waals surface area contributed by atoms with Crippen LogP contribution in [0.3, 0.4) is 0 Å². The van der Waals surface area contributed by atoms with Crippen LogP contribution in [0, 0.1) is 0 Å². The van der Waals surface area contributed by atoms with Gasteiger partial charge in [0.1, 0.15) is 6.04 Å². The first-order valence-electron chi connectivity index (χ1n) is 8.70. The molecule has 140 valence electrons. The van der Waals surface area contributed by atoms with Crippen molar-refractivity contribution in [2.45, 2.75) is 25.8 Å². The van der Waals surface area contributed by atoms with Gasteiger partial charge in [-0.2, -0.15) is 0 Å². The summed E-state index contributed by atoms with van der Waals surface area (Å²) < 4.78 is 0. The Kier molecular flexibility index (Phi) is 5.76. The van der Waals surface area contributed by atoms with Crippen molar-refractivity contribution in [3.05, 3.63) is 59.1 Å². The Morgan fingerprint density at radius 1 is 1.07 bits per heavy atom. The highest BCUT2D eigenvalue weighted by Gasteiger charge is 2.34. The van der Waals surface area contributed by atoms with E-state index in [0.29, 0.717) is 34.9 Å². The molecule has 0 radical (unpaired) electrons. The first-order chi connectivity index (χ1) is 13.0. The van der Waals surface area contributed by atoms with Crippen molar-refractivity contribution < 1.29 is 14.4 Å². The van der Waals surface area contributed by atoms with Gasteiger partial charge in [0.2, 0.25) is 5.91 Å². The molecule has 1 unspecified atom stereocenters. The van der Waals surface area contributed by atoms with E-state index in [1.165, 1.54) is 11.8 Å². The van der Waals surface area contributed by atoms with Gasteiger partial charge in [-0.3, -0.25) is 9.59 Å². The molecule has 0 spiro atoms. The summed E-state index contributed by atoms with van der Waals surface area (Å²) in [5.41, 5.74) is 1.55. The summed E-state index contributed by atoms with van der Waals surface area (Å²) >= 11 is 6.09. The zero-order valence-corrected chi connectivity index (χ0v) is 15.6. The van der Waals surface area contributed by atoms with Crippen molar-refractivity contribution >= 4 is 40.7 Å². The standard InChI is InChI=1S/C20H20ClN3O3/c1-13(25)14-6-4-7-15(12-14)22-20(27)24-11-5-10-18(24)19(26)23-17-9-3-2-8-16(17)21/h2-4,6-9,12,18H,5,10-11H2,1H3,(H,22,27)(H,23,26). The number of likely N-dealkylation sites (tertiary alicyclic amines) is 1. The quantitative estimate of drug-likeness (QED) is 0.775. The van der Waals surface area contributed by atoms with Gasteiger partial charge in [-0.05, 0) is 44.0 Å². The second kappa shape index (κ2) is 8.22. The van der Waals surface area contributed by atoms with E-state index in [-0.39, 0.29) is 17.7 Å². The van der Waals surface area contributed by atoms with Crippen LogP contribution in [0.25, 0.3) is 0 Å². The van der Waals surface area contributed by atoms with Gasteiger partial charge in [-0.1, -0.05) is 35.9 Å². The minimum atomic E-state index is -0.572. The number of urea groups is 1. The molecular formula is C20H20ClN3O3. The van der Waals surface area contributed by atoms with Crippen LogP contribution in [-0.2, 0) is 4.79 Å². The molecule has 6 nitrogen and oxygen atoms in total. The van der Waals surface area contributed by atoms with E-state index in [4.69, 9.17) is 11.6 Å². The summed E-state index contributed by atoms with van der Waals surface area (Å²) in [6, 6.07) is 12.8. The molecule has 27 heavy (non-hydrogen) atoms. The number of ketones is 1. The number of carbonyl (C=O) groups is 3. The normalized spacial score (nSPS) is 16.1. The largest absolute Gasteiger partial charge is 0.323 e. The molecule has 2 N–H and O–H groups in total. The van der Waals surface area contributed by atoms with Crippen LogP contribution in [0.15, 0.2) is 48.5 Å². The Morgan fingerprint density at radius 2 is 1.85 bits per heavy atom. The third-order valence-electron chi connectivity index (χ3n) is 4.47. The van der Waals surface area contributed by atoms with E-state index in [0.717, 1.165) is 6.42 Å². The van der Waals surface area contributed by atoms with E-state index < -0.39 is 6.04 Å². The average molecular weight is 386 g/mol. The maximum absolute atomic E-state index is 12.7. The predicted molar refractivity (Wildman–Crippen MR) is 105 cm³/mol. The van der Waals surface area contributed by atoms with Crippen molar-refractivity contribution in [1.29, 1.82) is 0 Å². The van der Waals surface area contributed by atoms with E-state index in [1.54, 1.807) is 48.5 Å². The van der Waals surface area contributed by atoms with Crippen molar-refractivity contribution in [3.8, 4) is 0 Å². The molecule has 1 saturated heterocycles. The molecule has 0 aromatic heterocycles. The van der Waals surface area contributed by atoms with Gasteiger partial charge in [0.15, 0.2) is 5.78 Å². The summed E-state index contributed by atoms with van der Waals surface area (Å²) in [6.07, 6.45) is 1.32. The lowest BCUT2D eigenvalue weighted by molar-refractivity contribution is -0.119. The number of benzene rings is 2. The van der Waals surface area contributed by atoms with Crippen LogP contribution >= 0.6 is 11.6 Å². The van der Waals surface area contributed by atoms with Crippen molar-refractivity contribution in [2.75, 3.05) is 17.2 Å². The van der Waals surface area contributed by atoms with Gasteiger partial charge < -0.3 is 15.5 Å². The SMILES string of the molecule is CC(=O)c1cccc(NC(=O)N2CCCC2C(=O)Nc2ccccc2Cl)c1. The summed E-state index contributed by atoms with van der Waals surface area (Å²) in [5, 5.41) is 6.00. The number of Topliss-reactive ketones (excluding diaryl/α,β-unsaturated/α-hetero) is 1. The van der Waals surface area contributed by atoms with Crippen LogP contribution in [0.1, 0.15) is 30.1 Å². The number of hydrogen-bond donors (Lipinski definition) is 2. The molecule has 0 bridgehead atoms. The van der Waals surface area contributed by atoms with E-state index in [9.17, 15) is 14.4 Å². The molecule has 1 fully saturated rings. The Morgan fingerprint density at radius 3 is 2.59 bits per heavy atom. The van der Waals surface area contributed by atoms with E-state index in [1.807, 2.05) is 0 Å². The topological polar surface area (TPSA) is 78.5 Å². The number of rotatable bonds is 4. The van der Waals surface area contributed by atoms with Gasteiger partial charge in [0.25, 0.3) is 0 Å². The van der Waals surface area contributed by atoms with Gasteiger partial charge in [-0.25, -0.2) is 4.79 Å². The first kappa shape index (κ1) is 18.9. The van der Waals surface area contributed by atoms with Crippen LogP contribution in [0.5, 0.6) is 0 Å². The fraction of sp³-hybridized carbons (Fsp3) is 0.250. The number of carbonyl (C=O) groups excluding carboxylic acids is 3. The molecule has 3 rings (SSSR count). The molecule has 2 aromatic carbocycles. The van der Waals surface area contributed by atoms with Gasteiger partial charge >= 0.3 is 6.03 Å². The molecule has 3 amide bonds. The monoisotopic (exact) mass is 385 g/mol. The lowest BCUT2D eigenvalue weighted by Gasteiger charge is -2.24. The van der Waals surface area contributed by atoms with Crippen LogP contribution in [-0.4, -0.2) is 35.2 Å². The smallest absolute Gasteiger partial charge is 0.322 e. The Hall–Kier alpha value is -2.86. The number of halogens is 1. The van der Waals surface area contributed by atoms with Crippen molar-refractivity contribution in [3.63, 3.8) is 0 Å². The fourth-order valence-electron chi connectivity index (χ4n) is 3.07. The third-order valence-corrected chi connectivity index (χ3v) is 4.80. The minimum absolute atomic E-state index is 0.0794. The molecule has 7 heteroatoms. The lowest BCUT2D eigenvalue weighted by atomic mass is 10.1. The highest BCUT2D eigenvalue weighted by Crippen LogP contribution is 2.24. The number of nitrogens with zero attached hydrogens (tertiary/aromatic N) is 1. The summed E-state index contributed by atoms with van der Waals surface area (Å²) in [5.74, 6) is -0.350. The summed E-state index contributed by atoms with van der Waals surface area (Å²) in [4.78, 5) is 38.3. The minimum Gasteiger partial charge on any atom is -0.323 e. The third kappa shape index (κ3) is 4.46. The zero-order chi connectivity index (χ0) is 19.4. The second-order valence-electron chi connectivity index (χ2n) is 6.39. The first-order valence-corrected chi connectivity index (χ1v) is 9.07. The van der Waals surface area contributed by atoms with Crippen LogP contribution in [0.2, 0.25) is 5.02 Å². The Balaban J connectivity index is 1.69. The highest BCUT2D eigenvalue weighted by atomic mass is 35.5. The molecule has 1 heterocycles. The maximum atomic E-state index is 12.7. The van der Waals surface area contributed by atoms with Crippen LogP contribution < -0.4 is 10.6 Å². The molecular weight excluding hydrogens is 366 g/mol. The predicted octanol–water partition coefficient (Wildman–Crippen LogP) is 4.18. The Bertz CT molecular complexity index is 884. The molecule has 2 aromatic rings. The number of para-hydroxylation sites is 1. The van der Waals surface area contributed by atoms with Gasteiger partial charge in [-0.15, -0.1) is 0 Å². The summed E-state index contributed by atoms with van der Waals surface area (Å²) in [7, 11) is 0. The maximum Gasteiger partial charge on any atom is 0.322 e. The van der Waals surface area contributed by atoms with Gasteiger partial charge in [0.05, 0.1) is 10.7 Å². The number of hydrogen-bond acceptors (Lipinski definition) is 3. The Labute approximate surface area is 162 Å². The van der Waals surface area contributed by atoms with Crippen LogP contribution in [0.4, 0.5) is 16.2 Å². The fourth-order valence-corrected chi connectivity index (χ4v) is 3.26. The highest BCUT2D eigenvalue weighted by molar-refractivity contribution is 6.33. The van der Waals surface area contributed by atoms with E-state index >= 15 is 0 Å². The van der Waals surface area contributed by atoms with Crippen molar-refractivity contribution in [2.24, 2.45) is 0 Å². The number of nitrogens with one attached hydrogen (secondary N) is 2. The molecule has 0 aliphatic carbocycles. The number of amides is 3. The lowest BCUT2D eigenvalue weighted by Crippen LogP contribution is -2.45. The zero-order valence-electron chi connectivity index (χ0n) is 14.9. The molecule has 1 aliphatic rings. The van der Waals surface area contributed by atoms with Gasteiger partial charge in [0, 0.05) is 17.8 Å².